The van der Waals surface area contributed by atoms with E-state index in [4.69, 9.17) is 4.74 Å². The van der Waals surface area contributed by atoms with E-state index < -0.39 is 0 Å². The predicted octanol–water partition coefficient (Wildman–Crippen LogP) is 3.13. The Morgan fingerprint density at radius 1 is 1.21 bits per heavy atom. The largest absolute Gasteiger partial charge is 0.375 e. The summed E-state index contributed by atoms with van der Waals surface area (Å²) in [6.07, 6.45) is 5.63. The Morgan fingerprint density at radius 2 is 1.96 bits per heavy atom. The zero-order valence-electron chi connectivity index (χ0n) is 14.4. The molecule has 0 unspecified atom stereocenters. The molecular weight excluding hydrogens is 322 g/mol. The number of likely N-dealkylation sites (tertiary alicyclic amines) is 1. The Kier molecular flexibility index (Phi) is 6.40. The fourth-order valence-electron chi connectivity index (χ4n) is 3.32. The lowest BCUT2D eigenvalue weighted by molar-refractivity contribution is 0.0355. The molecule has 2 amide bonds. The molecule has 5 nitrogen and oxygen atoms in total. The van der Waals surface area contributed by atoms with Crippen molar-refractivity contribution in [3.8, 4) is 0 Å². The van der Waals surface area contributed by atoms with E-state index in [1.54, 1.807) is 11.8 Å². The number of urea groups is 1. The van der Waals surface area contributed by atoms with Gasteiger partial charge in [0.25, 0.3) is 0 Å². The molecule has 2 aliphatic rings. The van der Waals surface area contributed by atoms with E-state index in [9.17, 15) is 4.79 Å². The zero-order valence-corrected chi connectivity index (χ0v) is 15.2. The topological polar surface area (TPSA) is 44.8 Å². The third kappa shape index (κ3) is 4.88. The average Bonchev–Trinajstić information content (AvgIpc) is 2.99. The minimum absolute atomic E-state index is 0.0242. The molecule has 1 aromatic carbocycles. The highest BCUT2D eigenvalue weighted by atomic mass is 32.2. The molecule has 0 spiro atoms. The van der Waals surface area contributed by atoms with Gasteiger partial charge >= 0.3 is 6.03 Å². The summed E-state index contributed by atoms with van der Waals surface area (Å²) >= 11 is 1.70. The number of thioether (sulfide) groups is 1. The van der Waals surface area contributed by atoms with Gasteiger partial charge in [-0.25, -0.2) is 4.79 Å². The third-order valence-electron chi connectivity index (χ3n) is 4.64. The number of hydrogen-bond acceptors (Lipinski definition) is 4. The summed E-state index contributed by atoms with van der Waals surface area (Å²) in [6, 6.07) is 7.95. The van der Waals surface area contributed by atoms with Crippen LogP contribution in [0.15, 0.2) is 29.2 Å². The number of hydrogen-bond donors (Lipinski definition) is 1. The Bertz CT molecular complexity index is 532. The number of nitrogens with zero attached hydrogens (tertiary/aromatic N) is 2. The Labute approximate surface area is 148 Å². The molecule has 2 heterocycles. The van der Waals surface area contributed by atoms with Crippen LogP contribution in [0.1, 0.15) is 19.3 Å². The van der Waals surface area contributed by atoms with Crippen LogP contribution in [0.5, 0.6) is 0 Å². The molecular formula is C18H27N3O2S. The molecule has 132 valence electrons. The average molecular weight is 350 g/mol. The van der Waals surface area contributed by atoms with Gasteiger partial charge in [0.2, 0.25) is 0 Å². The fraction of sp³-hybridized carbons (Fsp3) is 0.611. The number of anilines is 1. The van der Waals surface area contributed by atoms with Crippen LogP contribution in [0.2, 0.25) is 0 Å². The highest BCUT2D eigenvalue weighted by Gasteiger charge is 2.25. The quantitative estimate of drug-likeness (QED) is 0.848. The number of nitrogens with one attached hydrogen (secondary N) is 1. The molecule has 2 aliphatic heterocycles. The van der Waals surface area contributed by atoms with Crippen LogP contribution in [0.3, 0.4) is 0 Å². The number of rotatable bonds is 4. The zero-order chi connectivity index (χ0) is 16.8. The van der Waals surface area contributed by atoms with Crippen LogP contribution in [-0.4, -0.2) is 67.5 Å². The molecule has 0 radical (unpaired) electrons. The van der Waals surface area contributed by atoms with Gasteiger partial charge in [-0.3, -0.25) is 0 Å². The van der Waals surface area contributed by atoms with Crippen LogP contribution in [0.25, 0.3) is 0 Å². The number of amides is 2. The monoisotopic (exact) mass is 349 g/mol. The van der Waals surface area contributed by atoms with Gasteiger partial charge < -0.3 is 19.9 Å². The number of carbonyl (C=O) groups excluding carboxylic acids is 1. The van der Waals surface area contributed by atoms with E-state index >= 15 is 0 Å². The molecule has 0 saturated carbocycles. The van der Waals surface area contributed by atoms with Crippen molar-refractivity contribution in [2.24, 2.45) is 0 Å². The van der Waals surface area contributed by atoms with Crippen molar-refractivity contribution in [1.82, 2.24) is 9.80 Å². The maximum atomic E-state index is 12.6. The first-order chi connectivity index (χ1) is 11.7. The van der Waals surface area contributed by atoms with Gasteiger partial charge in [-0.1, -0.05) is 0 Å². The van der Waals surface area contributed by atoms with Crippen LogP contribution < -0.4 is 5.32 Å². The van der Waals surface area contributed by atoms with Crippen molar-refractivity contribution in [3.05, 3.63) is 24.3 Å². The Balaban J connectivity index is 1.55. The highest BCUT2D eigenvalue weighted by Crippen LogP contribution is 2.18. The van der Waals surface area contributed by atoms with Crippen LogP contribution >= 0.6 is 11.8 Å². The lowest BCUT2D eigenvalue weighted by atomic mass is 10.3. The summed E-state index contributed by atoms with van der Waals surface area (Å²) in [5.41, 5.74) is 0.846. The van der Waals surface area contributed by atoms with Crippen molar-refractivity contribution in [1.29, 1.82) is 0 Å². The van der Waals surface area contributed by atoms with E-state index in [0.29, 0.717) is 6.54 Å². The molecule has 6 heteroatoms. The molecule has 0 aliphatic carbocycles. The Morgan fingerprint density at radius 3 is 2.67 bits per heavy atom. The van der Waals surface area contributed by atoms with Gasteiger partial charge in [0.05, 0.1) is 6.10 Å². The molecule has 3 rings (SSSR count). The summed E-state index contributed by atoms with van der Waals surface area (Å²) in [4.78, 5) is 18.1. The van der Waals surface area contributed by atoms with Crippen molar-refractivity contribution in [2.75, 3.05) is 50.9 Å². The number of carbonyl (C=O) groups is 1. The summed E-state index contributed by atoms with van der Waals surface area (Å²) in [6.45, 7) is 5.43. The smallest absolute Gasteiger partial charge is 0.321 e. The van der Waals surface area contributed by atoms with E-state index in [1.165, 1.54) is 17.7 Å². The van der Waals surface area contributed by atoms with Gasteiger partial charge in [-0.15, -0.1) is 11.8 Å². The minimum atomic E-state index is -0.0242. The van der Waals surface area contributed by atoms with E-state index in [2.05, 4.69) is 10.2 Å². The molecule has 1 aromatic rings. The van der Waals surface area contributed by atoms with Gasteiger partial charge in [0, 0.05) is 36.8 Å². The summed E-state index contributed by atoms with van der Waals surface area (Å²) in [5, 5.41) is 3.01. The fourth-order valence-corrected chi connectivity index (χ4v) is 3.73. The summed E-state index contributed by atoms with van der Waals surface area (Å²) in [7, 11) is 0. The summed E-state index contributed by atoms with van der Waals surface area (Å²) < 4.78 is 5.96. The first-order valence-electron chi connectivity index (χ1n) is 8.78. The second kappa shape index (κ2) is 8.74. The van der Waals surface area contributed by atoms with Crippen LogP contribution in [0.4, 0.5) is 10.5 Å². The van der Waals surface area contributed by atoms with Crippen molar-refractivity contribution < 1.29 is 9.53 Å². The normalized spacial score (nSPS) is 22.4. The van der Waals surface area contributed by atoms with Crippen molar-refractivity contribution in [3.63, 3.8) is 0 Å². The second-order valence-corrected chi connectivity index (χ2v) is 7.34. The lowest BCUT2D eigenvalue weighted by Gasteiger charge is -2.27. The van der Waals surface area contributed by atoms with Gasteiger partial charge in [-0.2, -0.15) is 0 Å². The third-order valence-corrected chi connectivity index (χ3v) is 5.38. The number of ether oxygens (including phenoxy) is 1. The van der Waals surface area contributed by atoms with E-state index in [1.807, 2.05) is 35.4 Å². The van der Waals surface area contributed by atoms with E-state index in [0.717, 1.165) is 44.9 Å². The van der Waals surface area contributed by atoms with Crippen LogP contribution in [0, 0.1) is 0 Å². The van der Waals surface area contributed by atoms with Gasteiger partial charge in [0.15, 0.2) is 0 Å². The molecule has 2 fully saturated rings. The lowest BCUT2D eigenvalue weighted by Crippen LogP contribution is -2.43. The van der Waals surface area contributed by atoms with Gasteiger partial charge in [-0.05, 0) is 62.9 Å². The molecule has 0 aromatic heterocycles. The molecule has 1 atom stereocenters. The molecule has 24 heavy (non-hydrogen) atoms. The maximum Gasteiger partial charge on any atom is 0.321 e. The highest BCUT2D eigenvalue weighted by molar-refractivity contribution is 7.98. The van der Waals surface area contributed by atoms with Crippen molar-refractivity contribution in [2.45, 2.75) is 30.3 Å². The first kappa shape index (κ1) is 17.6. The van der Waals surface area contributed by atoms with Crippen LogP contribution in [-0.2, 0) is 4.74 Å². The molecule has 0 bridgehead atoms. The summed E-state index contributed by atoms with van der Waals surface area (Å²) in [5.74, 6) is 0. The minimum Gasteiger partial charge on any atom is -0.375 e. The van der Waals surface area contributed by atoms with Gasteiger partial charge in [0.1, 0.15) is 0 Å². The van der Waals surface area contributed by atoms with Crippen molar-refractivity contribution >= 4 is 23.5 Å². The molecule has 1 N–H and O–H groups in total. The first-order valence-corrected chi connectivity index (χ1v) is 10.0. The Hall–Kier alpha value is -1.24. The second-order valence-electron chi connectivity index (χ2n) is 6.46. The van der Waals surface area contributed by atoms with E-state index in [-0.39, 0.29) is 12.1 Å². The SMILES string of the molecule is CSc1ccc(NC(=O)N2CCCO[C@H](CN3CCCC3)C2)cc1. The molecule has 2 saturated heterocycles. The predicted molar refractivity (Wildman–Crippen MR) is 98.8 cm³/mol. The standard InChI is InChI=1S/C18H27N3O2S/c1-24-17-7-5-15(6-8-17)19-18(22)21-11-4-12-23-16(14-21)13-20-9-2-3-10-20/h5-8,16H,2-4,9-14H2,1H3,(H,19,22)/t16-/m1/s1. The maximum absolute atomic E-state index is 12.6. The number of benzene rings is 1.